The number of anilines is 1. The molecule has 0 aromatic carbocycles. The van der Waals surface area contributed by atoms with E-state index in [0.717, 1.165) is 0 Å². The molecular weight excluding hydrogens is 256 g/mol. The number of nitrogens with zero attached hydrogens (tertiary/aromatic N) is 1. The molecule has 0 spiro atoms. The molecule has 0 saturated carbocycles. The summed E-state index contributed by atoms with van der Waals surface area (Å²) in [7, 11) is 0. The number of ether oxygens (including phenoxy) is 2. The quantitative estimate of drug-likeness (QED) is 0.794. The number of rotatable bonds is 6. The molecule has 0 fully saturated rings. The van der Waals surface area contributed by atoms with Crippen molar-refractivity contribution in [2.24, 2.45) is 0 Å². The van der Waals surface area contributed by atoms with Gasteiger partial charge in [-0.05, 0) is 20.8 Å². The van der Waals surface area contributed by atoms with Crippen LogP contribution in [0, 0.1) is 0 Å². The molecule has 1 aromatic rings. The number of hydrogen-bond acceptors (Lipinski definition) is 7. The van der Waals surface area contributed by atoms with Crippen LogP contribution in [0.3, 0.4) is 0 Å². The second-order valence-electron chi connectivity index (χ2n) is 3.38. The van der Waals surface area contributed by atoms with E-state index in [1.807, 2.05) is 0 Å². The smallest absolute Gasteiger partial charge is 0.357 e. The van der Waals surface area contributed by atoms with Gasteiger partial charge in [0.1, 0.15) is 6.04 Å². The lowest BCUT2D eigenvalue weighted by molar-refractivity contribution is -0.143. The summed E-state index contributed by atoms with van der Waals surface area (Å²) in [5.41, 5.74) is 0.236. The number of esters is 2. The first-order valence-corrected chi connectivity index (χ1v) is 6.52. The Morgan fingerprint density at radius 1 is 1.39 bits per heavy atom. The highest BCUT2D eigenvalue weighted by Crippen LogP contribution is 2.17. The van der Waals surface area contributed by atoms with Gasteiger partial charge in [0.25, 0.3) is 0 Å². The normalized spacial score (nSPS) is 11.7. The van der Waals surface area contributed by atoms with Crippen molar-refractivity contribution in [1.82, 2.24) is 4.98 Å². The van der Waals surface area contributed by atoms with Gasteiger partial charge < -0.3 is 14.8 Å². The molecule has 6 nitrogen and oxygen atoms in total. The number of nitrogens with one attached hydrogen (secondary N) is 1. The van der Waals surface area contributed by atoms with Gasteiger partial charge in [-0.2, -0.15) is 0 Å². The van der Waals surface area contributed by atoms with Gasteiger partial charge in [0.05, 0.1) is 13.2 Å². The largest absolute Gasteiger partial charge is 0.464 e. The van der Waals surface area contributed by atoms with Gasteiger partial charge in [0, 0.05) is 5.38 Å². The first-order chi connectivity index (χ1) is 8.58. The Kier molecular flexibility index (Phi) is 5.57. The van der Waals surface area contributed by atoms with Crippen LogP contribution in [0.5, 0.6) is 0 Å². The third-order valence-corrected chi connectivity index (χ3v) is 2.74. The fraction of sp³-hybridized carbons (Fsp3) is 0.545. The molecule has 1 aromatic heterocycles. The summed E-state index contributed by atoms with van der Waals surface area (Å²) in [5.74, 6) is -0.823. The summed E-state index contributed by atoms with van der Waals surface area (Å²) >= 11 is 1.24. The first kappa shape index (κ1) is 14.4. The molecule has 1 rings (SSSR count). The van der Waals surface area contributed by atoms with E-state index in [4.69, 9.17) is 9.47 Å². The summed E-state index contributed by atoms with van der Waals surface area (Å²) in [6.45, 7) is 5.78. The van der Waals surface area contributed by atoms with Crippen LogP contribution >= 0.6 is 11.3 Å². The minimum atomic E-state index is -0.508. The van der Waals surface area contributed by atoms with Crippen LogP contribution in [-0.2, 0) is 14.3 Å². The number of aromatic nitrogens is 1. The Morgan fingerprint density at radius 3 is 2.67 bits per heavy atom. The van der Waals surface area contributed by atoms with Crippen LogP contribution in [-0.4, -0.2) is 36.2 Å². The van der Waals surface area contributed by atoms with Gasteiger partial charge in [0.2, 0.25) is 0 Å². The van der Waals surface area contributed by atoms with E-state index in [0.29, 0.717) is 18.3 Å². The number of carbonyl (C=O) groups is 2. The molecule has 0 aliphatic heterocycles. The Labute approximate surface area is 109 Å². The average molecular weight is 272 g/mol. The minimum Gasteiger partial charge on any atom is -0.464 e. The third-order valence-electron chi connectivity index (χ3n) is 1.97. The lowest BCUT2D eigenvalue weighted by Crippen LogP contribution is -2.28. The summed E-state index contributed by atoms with van der Waals surface area (Å²) in [6.07, 6.45) is 0. The monoisotopic (exact) mass is 272 g/mol. The van der Waals surface area contributed by atoms with Gasteiger partial charge in [-0.15, -0.1) is 11.3 Å². The fourth-order valence-electron chi connectivity index (χ4n) is 1.15. The van der Waals surface area contributed by atoms with E-state index in [1.165, 1.54) is 11.3 Å². The van der Waals surface area contributed by atoms with Gasteiger partial charge in [-0.1, -0.05) is 0 Å². The lowest BCUT2D eigenvalue weighted by atomic mass is 10.3. The van der Waals surface area contributed by atoms with Crippen molar-refractivity contribution in [3.63, 3.8) is 0 Å². The SMILES string of the molecule is CCOC(=O)c1csc(NC(C)C(=O)OCC)n1. The van der Waals surface area contributed by atoms with Gasteiger partial charge >= 0.3 is 11.9 Å². The second-order valence-corrected chi connectivity index (χ2v) is 4.23. The summed E-state index contributed by atoms with van der Waals surface area (Å²) < 4.78 is 9.67. The maximum absolute atomic E-state index is 11.4. The number of thiazole rings is 1. The Hall–Kier alpha value is -1.63. The molecule has 0 aliphatic carbocycles. The molecule has 7 heteroatoms. The summed E-state index contributed by atoms with van der Waals surface area (Å²) in [5, 5.41) is 4.94. The Bertz CT molecular complexity index is 419. The maximum atomic E-state index is 11.4. The molecule has 18 heavy (non-hydrogen) atoms. The highest BCUT2D eigenvalue weighted by molar-refractivity contribution is 7.13. The van der Waals surface area contributed by atoms with Crippen molar-refractivity contribution >= 4 is 28.4 Å². The average Bonchev–Trinajstić information content (AvgIpc) is 2.78. The van der Waals surface area contributed by atoms with Gasteiger partial charge in [-0.25, -0.2) is 14.6 Å². The van der Waals surface area contributed by atoms with Gasteiger partial charge in [0.15, 0.2) is 10.8 Å². The predicted molar refractivity (Wildman–Crippen MR) is 67.8 cm³/mol. The summed E-state index contributed by atoms with van der Waals surface area (Å²) in [6, 6.07) is -0.508. The van der Waals surface area contributed by atoms with Crippen LogP contribution < -0.4 is 5.32 Å². The molecule has 0 bridgehead atoms. The van der Waals surface area contributed by atoms with Crippen molar-refractivity contribution in [2.75, 3.05) is 18.5 Å². The molecule has 0 radical (unpaired) electrons. The molecular formula is C11H16N2O4S. The van der Waals surface area contributed by atoms with Crippen LogP contribution in [0.25, 0.3) is 0 Å². The first-order valence-electron chi connectivity index (χ1n) is 5.64. The van der Waals surface area contributed by atoms with Crippen molar-refractivity contribution in [3.05, 3.63) is 11.1 Å². The zero-order valence-corrected chi connectivity index (χ0v) is 11.4. The standard InChI is InChI=1S/C11H16N2O4S/c1-4-16-9(14)7(3)12-11-13-8(6-18-11)10(15)17-5-2/h6-7H,4-5H2,1-3H3,(H,12,13). The van der Waals surface area contributed by atoms with E-state index < -0.39 is 12.0 Å². The van der Waals surface area contributed by atoms with Crippen LogP contribution in [0.15, 0.2) is 5.38 Å². The molecule has 0 saturated heterocycles. The van der Waals surface area contributed by atoms with Crippen LogP contribution in [0.1, 0.15) is 31.3 Å². The molecule has 1 atom stereocenters. The van der Waals surface area contributed by atoms with E-state index in [2.05, 4.69) is 10.3 Å². The van der Waals surface area contributed by atoms with Crippen molar-refractivity contribution in [2.45, 2.75) is 26.8 Å². The zero-order valence-electron chi connectivity index (χ0n) is 10.6. The number of hydrogen-bond donors (Lipinski definition) is 1. The van der Waals surface area contributed by atoms with E-state index in [-0.39, 0.29) is 11.7 Å². The molecule has 1 unspecified atom stereocenters. The Morgan fingerprint density at radius 2 is 2.06 bits per heavy atom. The fourth-order valence-corrected chi connectivity index (χ4v) is 1.92. The lowest BCUT2D eigenvalue weighted by Gasteiger charge is -2.10. The van der Waals surface area contributed by atoms with E-state index in [1.54, 1.807) is 26.2 Å². The van der Waals surface area contributed by atoms with Crippen molar-refractivity contribution in [3.8, 4) is 0 Å². The van der Waals surface area contributed by atoms with E-state index >= 15 is 0 Å². The Balaban J connectivity index is 2.58. The topological polar surface area (TPSA) is 77.5 Å². The van der Waals surface area contributed by atoms with E-state index in [9.17, 15) is 9.59 Å². The zero-order chi connectivity index (χ0) is 13.5. The molecule has 1 N–H and O–H groups in total. The van der Waals surface area contributed by atoms with Crippen LogP contribution in [0.4, 0.5) is 5.13 Å². The molecule has 0 aliphatic rings. The van der Waals surface area contributed by atoms with Crippen LogP contribution in [0.2, 0.25) is 0 Å². The molecule has 0 amide bonds. The predicted octanol–water partition coefficient (Wildman–Crippen LogP) is 1.68. The summed E-state index contributed by atoms with van der Waals surface area (Å²) in [4.78, 5) is 26.8. The minimum absolute atomic E-state index is 0.236. The molecule has 1 heterocycles. The highest BCUT2D eigenvalue weighted by atomic mass is 32.1. The maximum Gasteiger partial charge on any atom is 0.357 e. The third kappa shape index (κ3) is 3.99. The van der Waals surface area contributed by atoms with Crippen molar-refractivity contribution in [1.29, 1.82) is 0 Å². The van der Waals surface area contributed by atoms with Crippen molar-refractivity contribution < 1.29 is 19.1 Å². The second kappa shape index (κ2) is 6.95. The molecule has 100 valence electrons. The van der Waals surface area contributed by atoms with Gasteiger partial charge in [-0.3, -0.25) is 0 Å². The highest BCUT2D eigenvalue weighted by Gasteiger charge is 2.17. The number of carbonyl (C=O) groups excluding carboxylic acids is 2.